The molecule has 0 atom stereocenters. The van der Waals surface area contributed by atoms with Crippen molar-refractivity contribution in [2.75, 3.05) is 0 Å². The lowest BCUT2D eigenvalue weighted by Gasteiger charge is -2.07. The summed E-state index contributed by atoms with van der Waals surface area (Å²) in [4.78, 5) is 4.29. The predicted octanol–water partition coefficient (Wildman–Crippen LogP) is 3.31. The average Bonchev–Trinajstić information content (AvgIpc) is 2.89. The SMILES string of the molecule is Cc1cc(C)n(CCn2ccc3cc(Br)ncc32)n1. The highest BCUT2D eigenvalue weighted by Gasteiger charge is 2.04. The second-order valence-corrected chi connectivity index (χ2v) is 5.54. The Balaban J connectivity index is 1.84. The van der Waals surface area contributed by atoms with Crippen molar-refractivity contribution >= 4 is 26.8 Å². The minimum Gasteiger partial charge on any atom is -0.344 e. The fourth-order valence-corrected chi connectivity index (χ4v) is 2.71. The quantitative estimate of drug-likeness (QED) is 0.694. The summed E-state index contributed by atoms with van der Waals surface area (Å²) < 4.78 is 5.13. The number of pyridine rings is 1. The molecule has 3 aromatic rings. The van der Waals surface area contributed by atoms with E-state index >= 15 is 0 Å². The van der Waals surface area contributed by atoms with Gasteiger partial charge in [0.25, 0.3) is 0 Å². The van der Waals surface area contributed by atoms with E-state index in [-0.39, 0.29) is 0 Å². The van der Waals surface area contributed by atoms with E-state index in [0.29, 0.717) is 0 Å². The first kappa shape index (κ1) is 12.4. The molecule has 0 aliphatic heterocycles. The number of rotatable bonds is 3. The molecule has 3 aromatic heterocycles. The van der Waals surface area contributed by atoms with Crippen molar-refractivity contribution in [2.45, 2.75) is 26.9 Å². The third-order valence-electron chi connectivity index (χ3n) is 3.28. The smallest absolute Gasteiger partial charge is 0.106 e. The first-order valence-electron chi connectivity index (χ1n) is 6.25. The molecule has 98 valence electrons. The normalized spacial score (nSPS) is 11.3. The molecule has 3 heterocycles. The van der Waals surface area contributed by atoms with E-state index in [4.69, 9.17) is 0 Å². The van der Waals surface area contributed by atoms with Crippen LogP contribution < -0.4 is 0 Å². The number of hydrogen-bond acceptors (Lipinski definition) is 2. The van der Waals surface area contributed by atoms with E-state index in [1.165, 1.54) is 11.1 Å². The van der Waals surface area contributed by atoms with Gasteiger partial charge in [0.05, 0.1) is 24.0 Å². The zero-order chi connectivity index (χ0) is 13.4. The third-order valence-corrected chi connectivity index (χ3v) is 3.71. The van der Waals surface area contributed by atoms with E-state index in [1.807, 2.05) is 23.9 Å². The largest absolute Gasteiger partial charge is 0.344 e. The first-order valence-corrected chi connectivity index (χ1v) is 7.04. The van der Waals surface area contributed by atoms with E-state index in [1.54, 1.807) is 0 Å². The zero-order valence-electron chi connectivity index (χ0n) is 11.0. The maximum absolute atomic E-state index is 4.48. The van der Waals surface area contributed by atoms with Crippen LogP contribution in [0, 0.1) is 13.8 Å². The standard InChI is InChI=1S/C14H15BrN4/c1-10-7-11(2)19(17-10)6-5-18-4-3-12-8-14(15)16-9-13(12)18/h3-4,7-9H,5-6H2,1-2H3. The summed E-state index contributed by atoms with van der Waals surface area (Å²) in [7, 11) is 0. The number of fused-ring (bicyclic) bond motifs is 1. The van der Waals surface area contributed by atoms with E-state index in [2.05, 4.69) is 55.8 Å². The molecule has 0 aliphatic carbocycles. The van der Waals surface area contributed by atoms with Gasteiger partial charge in [0.2, 0.25) is 0 Å². The Morgan fingerprint density at radius 1 is 1.21 bits per heavy atom. The van der Waals surface area contributed by atoms with Crippen molar-refractivity contribution in [1.29, 1.82) is 0 Å². The highest BCUT2D eigenvalue weighted by molar-refractivity contribution is 9.10. The van der Waals surface area contributed by atoms with Gasteiger partial charge in [-0.05, 0) is 48.0 Å². The minimum atomic E-state index is 0.872. The number of nitrogens with zero attached hydrogens (tertiary/aromatic N) is 4. The van der Waals surface area contributed by atoms with Crippen molar-refractivity contribution in [1.82, 2.24) is 19.3 Å². The molecule has 19 heavy (non-hydrogen) atoms. The van der Waals surface area contributed by atoms with E-state index in [0.717, 1.165) is 28.9 Å². The van der Waals surface area contributed by atoms with Gasteiger partial charge in [-0.25, -0.2) is 4.98 Å². The second kappa shape index (κ2) is 4.81. The number of hydrogen-bond donors (Lipinski definition) is 0. The molecule has 0 aromatic carbocycles. The molecule has 0 N–H and O–H groups in total. The third kappa shape index (κ3) is 2.42. The van der Waals surface area contributed by atoms with Crippen LogP contribution in [0.5, 0.6) is 0 Å². The average molecular weight is 319 g/mol. The van der Waals surface area contributed by atoms with Crippen LogP contribution in [0.1, 0.15) is 11.4 Å². The van der Waals surface area contributed by atoms with Gasteiger partial charge in [-0.1, -0.05) is 0 Å². The van der Waals surface area contributed by atoms with Crippen LogP contribution in [-0.4, -0.2) is 19.3 Å². The summed E-state index contributed by atoms with van der Waals surface area (Å²) in [6.45, 7) is 5.89. The van der Waals surface area contributed by atoms with Gasteiger partial charge in [0.1, 0.15) is 4.60 Å². The van der Waals surface area contributed by atoms with Crippen molar-refractivity contribution in [3.8, 4) is 0 Å². The summed E-state index contributed by atoms with van der Waals surface area (Å²) in [5.74, 6) is 0. The zero-order valence-corrected chi connectivity index (χ0v) is 12.6. The summed E-state index contributed by atoms with van der Waals surface area (Å²) >= 11 is 3.40. The van der Waals surface area contributed by atoms with Gasteiger partial charge in [0, 0.05) is 23.8 Å². The molecule has 0 amide bonds. The van der Waals surface area contributed by atoms with Crippen LogP contribution in [-0.2, 0) is 13.1 Å². The van der Waals surface area contributed by atoms with Crippen molar-refractivity contribution in [3.63, 3.8) is 0 Å². The second-order valence-electron chi connectivity index (χ2n) is 4.73. The lowest BCUT2D eigenvalue weighted by atomic mass is 10.3. The summed E-state index contributed by atoms with van der Waals surface area (Å²) in [5.41, 5.74) is 3.43. The van der Waals surface area contributed by atoms with E-state index < -0.39 is 0 Å². The molecule has 0 spiro atoms. The fourth-order valence-electron chi connectivity index (χ4n) is 2.36. The summed E-state index contributed by atoms with van der Waals surface area (Å²) in [6, 6.07) is 6.25. The van der Waals surface area contributed by atoms with Crippen LogP contribution in [0.25, 0.3) is 10.9 Å². The highest BCUT2D eigenvalue weighted by Crippen LogP contribution is 2.18. The molecule has 5 heteroatoms. The Morgan fingerprint density at radius 3 is 2.79 bits per heavy atom. The van der Waals surface area contributed by atoms with Crippen molar-refractivity contribution in [2.24, 2.45) is 0 Å². The molecule has 0 aliphatic rings. The van der Waals surface area contributed by atoms with Gasteiger partial charge >= 0.3 is 0 Å². The van der Waals surface area contributed by atoms with Gasteiger partial charge in [-0.2, -0.15) is 5.10 Å². The Morgan fingerprint density at radius 2 is 2.05 bits per heavy atom. The van der Waals surface area contributed by atoms with Crippen LogP contribution >= 0.6 is 15.9 Å². The van der Waals surface area contributed by atoms with Crippen LogP contribution in [0.2, 0.25) is 0 Å². The molecule has 0 fully saturated rings. The van der Waals surface area contributed by atoms with Crippen LogP contribution in [0.15, 0.2) is 35.2 Å². The Labute approximate surface area is 120 Å². The van der Waals surface area contributed by atoms with Crippen LogP contribution in [0.3, 0.4) is 0 Å². The maximum Gasteiger partial charge on any atom is 0.106 e. The molecule has 3 rings (SSSR count). The number of halogens is 1. The molecule has 4 nitrogen and oxygen atoms in total. The molecule has 0 saturated heterocycles. The van der Waals surface area contributed by atoms with E-state index in [9.17, 15) is 0 Å². The number of aryl methyl sites for hydroxylation is 4. The Bertz CT molecular complexity index is 726. The lowest BCUT2D eigenvalue weighted by Crippen LogP contribution is -2.09. The van der Waals surface area contributed by atoms with Gasteiger partial charge in [-0.3, -0.25) is 4.68 Å². The van der Waals surface area contributed by atoms with Gasteiger partial charge in [-0.15, -0.1) is 0 Å². The van der Waals surface area contributed by atoms with Gasteiger partial charge in [0.15, 0.2) is 0 Å². The van der Waals surface area contributed by atoms with Crippen molar-refractivity contribution in [3.05, 3.63) is 46.6 Å². The van der Waals surface area contributed by atoms with Crippen molar-refractivity contribution < 1.29 is 0 Å². The molecular formula is C14H15BrN4. The Hall–Kier alpha value is -1.62. The molecule has 0 bridgehead atoms. The fraction of sp³-hybridized carbons (Fsp3) is 0.286. The van der Waals surface area contributed by atoms with Gasteiger partial charge < -0.3 is 4.57 Å². The number of aromatic nitrogens is 4. The monoisotopic (exact) mass is 318 g/mol. The predicted molar refractivity (Wildman–Crippen MR) is 79.1 cm³/mol. The maximum atomic E-state index is 4.48. The molecular weight excluding hydrogens is 304 g/mol. The molecule has 0 unspecified atom stereocenters. The summed E-state index contributed by atoms with van der Waals surface area (Å²) in [6.07, 6.45) is 4.01. The topological polar surface area (TPSA) is 35.6 Å². The molecule has 0 saturated carbocycles. The molecule has 0 radical (unpaired) electrons. The summed E-state index contributed by atoms with van der Waals surface area (Å²) in [5, 5.41) is 5.69. The minimum absolute atomic E-state index is 0.872. The Kier molecular flexibility index (Phi) is 3.14. The first-order chi connectivity index (χ1) is 9.13. The van der Waals surface area contributed by atoms with Crippen LogP contribution in [0.4, 0.5) is 0 Å². The lowest BCUT2D eigenvalue weighted by molar-refractivity contribution is 0.529. The highest BCUT2D eigenvalue weighted by atomic mass is 79.9.